The van der Waals surface area contributed by atoms with E-state index in [9.17, 15) is 0 Å². The average Bonchev–Trinajstić information content (AvgIpc) is 3.06. The predicted octanol–water partition coefficient (Wildman–Crippen LogP) is 6.28. The molecular weight excluding hydrogens is 316 g/mol. The molecule has 1 atom stereocenters. The highest BCUT2D eigenvalue weighted by Gasteiger charge is 2.29. The summed E-state index contributed by atoms with van der Waals surface area (Å²) in [5.41, 5.74) is 8.98. The largest absolute Gasteiger partial charge is 0.291 e. The molecule has 0 aliphatic carbocycles. The van der Waals surface area contributed by atoms with Gasteiger partial charge < -0.3 is 0 Å². The number of imidazole rings is 1. The first-order valence-corrected chi connectivity index (χ1v) is 9.36. The van der Waals surface area contributed by atoms with Gasteiger partial charge in [0.25, 0.3) is 0 Å². The van der Waals surface area contributed by atoms with Gasteiger partial charge in [0, 0.05) is 11.5 Å². The lowest BCUT2D eigenvalue weighted by Crippen LogP contribution is -2.15. The molecule has 1 aromatic heterocycles. The van der Waals surface area contributed by atoms with Crippen molar-refractivity contribution < 1.29 is 0 Å². The number of nitrogens with zero attached hydrogens (tertiary/aromatic N) is 2. The SMILES string of the molecule is CC(C)c1cccc2c1-n1c(-c3ccccc3)nc3cccc(c31)C2C. The molecule has 0 saturated heterocycles. The quantitative estimate of drug-likeness (QED) is 0.420. The molecule has 1 unspecified atom stereocenters. The summed E-state index contributed by atoms with van der Waals surface area (Å²) >= 11 is 0. The molecule has 128 valence electrons. The Hall–Kier alpha value is -2.87. The Bertz CT molecular complexity index is 1120. The van der Waals surface area contributed by atoms with Gasteiger partial charge in [0.05, 0.1) is 16.7 Å². The highest BCUT2D eigenvalue weighted by Crippen LogP contribution is 2.44. The fourth-order valence-corrected chi connectivity index (χ4v) is 4.32. The molecule has 0 radical (unpaired) electrons. The van der Waals surface area contributed by atoms with Crippen LogP contribution in [-0.2, 0) is 0 Å². The Morgan fingerprint density at radius 3 is 2.35 bits per heavy atom. The molecule has 2 heteroatoms. The van der Waals surface area contributed by atoms with E-state index in [4.69, 9.17) is 4.98 Å². The molecular formula is C24H22N2. The second-order valence-corrected chi connectivity index (χ2v) is 7.51. The minimum absolute atomic E-state index is 0.375. The van der Waals surface area contributed by atoms with Crippen LogP contribution in [0.25, 0.3) is 28.1 Å². The van der Waals surface area contributed by atoms with Crippen molar-refractivity contribution in [2.24, 2.45) is 0 Å². The first kappa shape index (κ1) is 15.4. The van der Waals surface area contributed by atoms with Gasteiger partial charge >= 0.3 is 0 Å². The van der Waals surface area contributed by atoms with Gasteiger partial charge in [0.15, 0.2) is 0 Å². The Morgan fingerprint density at radius 2 is 1.58 bits per heavy atom. The van der Waals surface area contributed by atoms with Gasteiger partial charge in [-0.3, -0.25) is 4.57 Å². The molecule has 0 saturated carbocycles. The van der Waals surface area contributed by atoms with E-state index >= 15 is 0 Å². The highest BCUT2D eigenvalue weighted by molar-refractivity contribution is 5.89. The highest BCUT2D eigenvalue weighted by atomic mass is 15.1. The van der Waals surface area contributed by atoms with Crippen molar-refractivity contribution in [2.45, 2.75) is 32.6 Å². The minimum Gasteiger partial charge on any atom is -0.291 e. The summed E-state index contributed by atoms with van der Waals surface area (Å²) < 4.78 is 2.41. The summed E-state index contributed by atoms with van der Waals surface area (Å²) in [5, 5.41) is 0. The van der Waals surface area contributed by atoms with Crippen LogP contribution in [0.5, 0.6) is 0 Å². The first-order chi connectivity index (χ1) is 12.7. The summed E-state index contributed by atoms with van der Waals surface area (Å²) in [6.45, 7) is 6.87. The molecule has 1 aliphatic heterocycles. The van der Waals surface area contributed by atoms with Crippen molar-refractivity contribution in [3.05, 3.63) is 83.4 Å². The maximum Gasteiger partial charge on any atom is 0.145 e. The number of hydrogen-bond acceptors (Lipinski definition) is 1. The van der Waals surface area contributed by atoms with E-state index in [0.717, 1.165) is 16.9 Å². The van der Waals surface area contributed by atoms with E-state index < -0.39 is 0 Å². The van der Waals surface area contributed by atoms with Gasteiger partial charge in [-0.2, -0.15) is 0 Å². The molecule has 0 N–H and O–H groups in total. The predicted molar refractivity (Wildman–Crippen MR) is 108 cm³/mol. The van der Waals surface area contributed by atoms with Crippen LogP contribution in [0.15, 0.2) is 66.7 Å². The van der Waals surface area contributed by atoms with Gasteiger partial charge in [-0.05, 0) is 28.7 Å². The first-order valence-electron chi connectivity index (χ1n) is 9.36. The van der Waals surface area contributed by atoms with Crippen LogP contribution in [0.1, 0.15) is 49.3 Å². The van der Waals surface area contributed by atoms with Crippen molar-refractivity contribution in [3.63, 3.8) is 0 Å². The van der Waals surface area contributed by atoms with Crippen LogP contribution < -0.4 is 0 Å². The molecule has 2 heterocycles. The van der Waals surface area contributed by atoms with Gasteiger partial charge in [0.1, 0.15) is 5.82 Å². The van der Waals surface area contributed by atoms with Crippen LogP contribution in [0, 0.1) is 0 Å². The molecule has 0 amide bonds. The lowest BCUT2D eigenvalue weighted by atomic mass is 9.84. The Balaban J connectivity index is 1.97. The lowest BCUT2D eigenvalue weighted by Gasteiger charge is -2.29. The number of para-hydroxylation sites is 2. The van der Waals surface area contributed by atoms with E-state index in [1.165, 1.54) is 27.9 Å². The average molecular weight is 338 g/mol. The summed E-state index contributed by atoms with van der Waals surface area (Å²) in [7, 11) is 0. The van der Waals surface area contributed by atoms with Gasteiger partial charge in [-0.1, -0.05) is 81.4 Å². The van der Waals surface area contributed by atoms with Crippen molar-refractivity contribution >= 4 is 11.0 Å². The van der Waals surface area contributed by atoms with E-state index in [-0.39, 0.29) is 0 Å². The summed E-state index contributed by atoms with van der Waals surface area (Å²) in [6.07, 6.45) is 0. The molecule has 0 fully saturated rings. The standard InChI is InChI=1S/C24H22N2/c1-15(2)18-11-7-12-19-16(3)20-13-8-14-21-23(20)26(22(18)19)24(25-21)17-9-5-4-6-10-17/h4-16H,1-3H3. The van der Waals surface area contributed by atoms with Crippen molar-refractivity contribution in [1.82, 2.24) is 9.55 Å². The summed E-state index contributed by atoms with van der Waals surface area (Å²) in [6, 6.07) is 23.8. The Labute approximate surface area is 154 Å². The third-order valence-corrected chi connectivity index (χ3v) is 5.62. The maximum absolute atomic E-state index is 5.05. The van der Waals surface area contributed by atoms with Gasteiger partial charge in [-0.25, -0.2) is 4.98 Å². The topological polar surface area (TPSA) is 17.8 Å². The fourth-order valence-electron chi connectivity index (χ4n) is 4.32. The van der Waals surface area contributed by atoms with Crippen molar-refractivity contribution in [2.75, 3.05) is 0 Å². The summed E-state index contributed by atoms with van der Waals surface area (Å²) in [4.78, 5) is 5.05. The summed E-state index contributed by atoms with van der Waals surface area (Å²) in [5.74, 6) is 1.87. The molecule has 26 heavy (non-hydrogen) atoms. The maximum atomic E-state index is 5.05. The molecule has 1 aliphatic rings. The minimum atomic E-state index is 0.375. The smallest absolute Gasteiger partial charge is 0.145 e. The number of benzene rings is 3. The van der Waals surface area contributed by atoms with Crippen molar-refractivity contribution in [1.29, 1.82) is 0 Å². The Kier molecular flexibility index (Phi) is 3.30. The van der Waals surface area contributed by atoms with Crippen LogP contribution in [0.2, 0.25) is 0 Å². The monoisotopic (exact) mass is 338 g/mol. The van der Waals surface area contributed by atoms with E-state index in [2.05, 4.69) is 92.1 Å². The molecule has 2 nitrogen and oxygen atoms in total. The van der Waals surface area contributed by atoms with Crippen LogP contribution in [0.3, 0.4) is 0 Å². The molecule has 4 aromatic rings. The van der Waals surface area contributed by atoms with Gasteiger partial charge in [-0.15, -0.1) is 0 Å². The number of hydrogen-bond donors (Lipinski definition) is 0. The number of rotatable bonds is 2. The van der Waals surface area contributed by atoms with Gasteiger partial charge in [0.2, 0.25) is 0 Å². The van der Waals surface area contributed by atoms with E-state index in [0.29, 0.717) is 11.8 Å². The third-order valence-electron chi connectivity index (χ3n) is 5.62. The lowest BCUT2D eigenvalue weighted by molar-refractivity contribution is 0.813. The molecule has 3 aromatic carbocycles. The fraction of sp³-hybridized carbons (Fsp3) is 0.208. The van der Waals surface area contributed by atoms with Crippen LogP contribution >= 0.6 is 0 Å². The zero-order valence-corrected chi connectivity index (χ0v) is 15.4. The molecule has 5 rings (SSSR count). The van der Waals surface area contributed by atoms with E-state index in [1.54, 1.807) is 0 Å². The van der Waals surface area contributed by atoms with Crippen molar-refractivity contribution in [3.8, 4) is 17.1 Å². The number of fused-ring (bicyclic) bond motifs is 2. The number of aromatic nitrogens is 2. The second-order valence-electron chi connectivity index (χ2n) is 7.51. The zero-order chi connectivity index (χ0) is 17.8. The van der Waals surface area contributed by atoms with Crippen LogP contribution in [0.4, 0.5) is 0 Å². The molecule has 0 bridgehead atoms. The zero-order valence-electron chi connectivity index (χ0n) is 15.4. The van der Waals surface area contributed by atoms with E-state index in [1.807, 2.05) is 0 Å². The van der Waals surface area contributed by atoms with Crippen LogP contribution in [-0.4, -0.2) is 9.55 Å². The second kappa shape index (κ2) is 5.57. The molecule has 0 spiro atoms. The third kappa shape index (κ3) is 2.02. The Morgan fingerprint density at radius 1 is 0.846 bits per heavy atom. The normalized spacial score (nSPS) is 15.5.